The first-order valence-corrected chi connectivity index (χ1v) is 6.81. The maximum Gasteiger partial charge on any atom is 0.126 e. The molecule has 0 radical (unpaired) electrons. The minimum absolute atomic E-state index is 0.0946. The van der Waals surface area contributed by atoms with Crippen LogP contribution in [0.25, 0.3) is 0 Å². The molecule has 2 N–H and O–H groups in total. The van der Waals surface area contributed by atoms with Crippen LogP contribution in [-0.4, -0.2) is 23.8 Å². The quantitative estimate of drug-likeness (QED) is 0.862. The van der Waals surface area contributed by atoms with E-state index < -0.39 is 0 Å². The van der Waals surface area contributed by atoms with Crippen molar-refractivity contribution in [2.24, 2.45) is 0 Å². The van der Waals surface area contributed by atoms with Gasteiger partial charge in [-0.1, -0.05) is 12.1 Å². The second-order valence-corrected chi connectivity index (χ2v) is 5.29. The van der Waals surface area contributed by atoms with Crippen LogP contribution in [0.2, 0.25) is 0 Å². The van der Waals surface area contributed by atoms with Crippen LogP contribution in [0.4, 0.5) is 4.39 Å². The number of rotatable bonds is 4. The van der Waals surface area contributed by atoms with E-state index in [-0.39, 0.29) is 11.9 Å². The number of aliphatic hydroxyl groups is 1. The van der Waals surface area contributed by atoms with E-state index in [1.807, 2.05) is 12.1 Å². The molecule has 2 nitrogen and oxygen atoms in total. The van der Waals surface area contributed by atoms with Gasteiger partial charge in [0.25, 0.3) is 0 Å². The highest BCUT2D eigenvalue weighted by atomic mass is 19.1. The van der Waals surface area contributed by atoms with Crippen LogP contribution in [0.15, 0.2) is 18.2 Å². The van der Waals surface area contributed by atoms with Gasteiger partial charge in [0.2, 0.25) is 0 Å². The summed E-state index contributed by atoms with van der Waals surface area (Å²) in [5.74, 6) is -0.132. The first-order valence-electron chi connectivity index (χ1n) is 6.81. The van der Waals surface area contributed by atoms with Crippen LogP contribution in [-0.2, 0) is 6.42 Å². The Morgan fingerprint density at radius 1 is 1.28 bits per heavy atom. The highest BCUT2D eigenvalue weighted by molar-refractivity contribution is 5.24. The second-order valence-electron chi connectivity index (χ2n) is 5.29. The molecule has 0 spiro atoms. The van der Waals surface area contributed by atoms with Crippen molar-refractivity contribution in [3.8, 4) is 0 Å². The average Bonchev–Trinajstić information content (AvgIpc) is 2.36. The van der Waals surface area contributed by atoms with Gasteiger partial charge in [-0.3, -0.25) is 0 Å². The molecule has 1 aliphatic carbocycles. The van der Waals surface area contributed by atoms with Gasteiger partial charge in [0.15, 0.2) is 0 Å². The Hall–Kier alpha value is -0.930. The van der Waals surface area contributed by atoms with Crippen LogP contribution in [0.5, 0.6) is 0 Å². The van der Waals surface area contributed by atoms with E-state index in [1.54, 1.807) is 13.0 Å². The van der Waals surface area contributed by atoms with Gasteiger partial charge in [-0.05, 0) is 62.8 Å². The average molecular weight is 251 g/mol. The fourth-order valence-corrected chi connectivity index (χ4v) is 2.56. The molecule has 1 aromatic carbocycles. The molecule has 18 heavy (non-hydrogen) atoms. The maximum absolute atomic E-state index is 13.1. The molecule has 0 heterocycles. The van der Waals surface area contributed by atoms with E-state index >= 15 is 0 Å². The van der Waals surface area contributed by atoms with Gasteiger partial charge in [0.05, 0.1) is 6.10 Å². The van der Waals surface area contributed by atoms with Crippen LogP contribution in [0.1, 0.15) is 36.8 Å². The number of hydrogen-bond acceptors (Lipinski definition) is 2. The third-order valence-corrected chi connectivity index (χ3v) is 3.77. The summed E-state index contributed by atoms with van der Waals surface area (Å²) < 4.78 is 13.1. The normalized spacial score (nSPS) is 24.2. The molecule has 0 amide bonds. The van der Waals surface area contributed by atoms with E-state index in [4.69, 9.17) is 0 Å². The molecule has 0 atom stereocenters. The van der Waals surface area contributed by atoms with Crippen molar-refractivity contribution in [1.82, 2.24) is 5.32 Å². The predicted molar refractivity (Wildman–Crippen MR) is 71.1 cm³/mol. The molecule has 1 saturated carbocycles. The van der Waals surface area contributed by atoms with Crippen molar-refractivity contribution in [3.05, 3.63) is 35.1 Å². The highest BCUT2D eigenvalue weighted by Crippen LogP contribution is 2.18. The Bertz CT molecular complexity index is 386. The summed E-state index contributed by atoms with van der Waals surface area (Å²) in [6.07, 6.45) is 4.77. The Morgan fingerprint density at radius 3 is 2.67 bits per heavy atom. The van der Waals surface area contributed by atoms with Crippen molar-refractivity contribution in [1.29, 1.82) is 0 Å². The minimum atomic E-state index is -0.132. The summed E-state index contributed by atoms with van der Waals surface area (Å²) in [6, 6.07) is 5.85. The second kappa shape index (κ2) is 6.30. The van der Waals surface area contributed by atoms with E-state index in [0.29, 0.717) is 11.6 Å². The van der Waals surface area contributed by atoms with Crippen LogP contribution < -0.4 is 5.32 Å². The van der Waals surface area contributed by atoms with Gasteiger partial charge in [-0.15, -0.1) is 0 Å². The van der Waals surface area contributed by atoms with Crippen LogP contribution in [0, 0.1) is 12.7 Å². The lowest BCUT2D eigenvalue weighted by Crippen LogP contribution is -2.35. The van der Waals surface area contributed by atoms with Gasteiger partial charge < -0.3 is 10.4 Å². The van der Waals surface area contributed by atoms with Gasteiger partial charge in [-0.25, -0.2) is 4.39 Å². The molecule has 1 aliphatic rings. The number of halogens is 1. The summed E-state index contributed by atoms with van der Waals surface area (Å²) in [6.45, 7) is 2.72. The zero-order valence-corrected chi connectivity index (χ0v) is 11.0. The monoisotopic (exact) mass is 251 g/mol. The third kappa shape index (κ3) is 3.79. The smallest absolute Gasteiger partial charge is 0.126 e. The fourth-order valence-electron chi connectivity index (χ4n) is 2.56. The fraction of sp³-hybridized carbons (Fsp3) is 0.600. The van der Waals surface area contributed by atoms with Gasteiger partial charge >= 0.3 is 0 Å². The molecular weight excluding hydrogens is 229 g/mol. The van der Waals surface area contributed by atoms with E-state index in [9.17, 15) is 9.50 Å². The first-order chi connectivity index (χ1) is 8.65. The molecule has 0 aromatic heterocycles. The van der Waals surface area contributed by atoms with E-state index in [2.05, 4.69) is 5.32 Å². The van der Waals surface area contributed by atoms with Crippen molar-refractivity contribution < 1.29 is 9.50 Å². The molecule has 1 fully saturated rings. The van der Waals surface area contributed by atoms with Crippen molar-refractivity contribution in [3.63, 3.8) is 0 Å². The molecule has 1 aromatic rings. The van der Waals surface area contributed by atoms with Gasteiger partial charge in [0.1, 0.15) is 5.82 Å². The summed E-state index contributed by atoms with van der Waals surface area (Å²) in [5.41, 5.74) is 1.89. The Kier molecular flexibility index (Phi) is 4.72. The largest absolute Gasteiger partial charge is 0.393 e. The van der Waals surface area contributed by atoms with Crippen LogP contribution >= 0.6 is 0 Å². The van der Waals surface area contributed by atoms with Gasteiger partial charge in [0, 0.05) is 6.04 Å². The number of benzene rings is 1. The molecule has 2 rings (SSSR count). The zero-order chi connectivity index (χ0) is 13.0. The third-order valence-electron chi connectivity index (χ3n) is 3.77. The Labute approximate surface area is 108 Å². The number of nitrogens with one attached hydrogen (secondary N) is 1. The highest BCUT2D eigenvalue weighted by Gasteiger charge is 2.18. The van der Waals surface area contributed by atoms with Crippen LogP contribution in [0.3, 0.4) is 0 Å². The molecule has 3 heteroatoms. The van der Waals surface area contributed by atoms with E-state index in [0.717, 1.165) is 38.6 Å². The minimum Gasteiger partial charge on any atom is -0.393 e. The summed E-state index contributed by atoms with van der Waals surface area (Å²) in [5, 5.41) is 12.9. The summed E-state index contributed by atoms with van der Waals surface area (Å²) in [7, 11) is 0. The maximum atomic E-state index is 13.1. The molecular formula is C15H22FNO. The lowest BCUT2D eigenvalue weighted by Gasteiger charge is -2.26. The topological polar surface area (TPSA) is 32.3 Å². The number of aryl methyl sites for hydroxylation is 1. The first kappa shape index (κ1) is 13.5. The van der Waals surface area contributed by atoms with Gasteiger partial charge in [-0.2, -0.15) is 0 Å². The standard InChI is InChI=1S/C15H22FNO/c1-11-10-12(2-7-15(11)16)8-9-17-13-3-5-14(18)6-4-13/h2,7,10,13-14,17-18H,3-6,8-9H2,1H3. The Morgan fingerprint density at radius 2 is 2.00 bits per heavy atom. The van der Waals surface area contributed by atoms with E-state index in [1.165, 1.54) is 5.56 Å². The summed E-state index contributed by atoms with van der Waals surface area (Å²) in [4.78, 5) is 0. The molecule has 0 unspecified atom stereocenters. The SMILES string of the molecule is Cc1cc(CCNC2CCC(O)CC2)ccc1F. The zero-order valence-electron chi connectivity index (χ0n) is 11.0. The number of hydrogen-bond donors (Lipinski definition) is 2. The summed E-state index contributed by atoms with van der Waals surface area (Å²) >= 11 is 0. The lowest BCUT2D eigenvalue weighted by atomic mass is 9.93. The van der Waals surface area contributed by atoms with Crippen molar-refractivity contribution in [2.45, 2.75) is 51.2 Å². The molecule has 0 aliphatic heterocycles. The molecule has 0 bridgehead atoms. The number of aliphatic hydroxyl groups excluding tert-OH is 1. The van der Waals surface area contributed by atoms with Crippen molar-refractivity contribution in [2.75, 3.05) is 6.54 Å². The predicted octanol–water partition coefficient (Wildman–Crippen LogP) is 2.57. The Balaban J connectivity index is 1.73. The molecule has 0 saturated heterocycles. The van der Waals surface area contributed by atoms with Crippen molar-refractivity contribution >= 4 is 0 Å². The lowest BCUT2D eigenvalue weighted by molar-refractivity contribution is 0.117. The molecule has 100 valence electrons.